The van der Waals surface area contributed by atoms with Crippen LogP contribution in [0.1, 0.15) is 25.8 Å². The third kappa shape index (κ3) is 5.94. The maximum absolute atomic E-state index is 11.4. The Labute approximate surface area is 119 Å². The number of methoxy groups -OCH3 is 1. The summed E-state index contributed by atoms with van der Waals surface area (Å²) in [5.41, 5.74) is 1.06. The van der Waals surface area contributed by atoms with Crippen LogP contribution in [0.5, 0.6) is 5.75 Å². The van der Waals surface area contributed by atoms with Crippen LogP contribution in [0.4, 0.5) is 0 Å². The molecule has 19 heavy (non-hydrogen) atoms. The number of nitrogens with one attached hydrogen (secondary N) is 2. The molecule has 0 spiro atoms. The summed E-state index contributed by atoms with van der Waals surface area (Å²) in [5, 5.41) is 6.66. The number of carbonyl (C=O) groups is 1. The number of hydrogen-bond donors (Lipinski definition) is 2. The molecule has 0 aliphatic heterocycles. The van der Waals surface area contributed by atoms with Crippen molar-refractivity contribution >= 4 is 17.5 Å². The van der Waals surface area contributed by atoms with Crippen molar-refractivity contribution in [1.29, 1.82) is 0 Å². The van der Waals surface area contributed by atoms with Gasteiger partial charge < -0.3 is 15.4 Å². The zero-order valence-electron chi connectivity index (χ0n) is 11.6. The Bertz CT molecular complexity index is 422. The first-order valence-electron chi connectivity index (χ1n) is 6.35. The molecule has 1 rings (SSSR count). The summed E-state index contributed by atoms with van der Waals surface area (Å²) in [6.07, 6.45) is 0.474. The summed E-state index contributed by atoms with van der Waals surface area (Å²) in [6, 6.07) is 5.84. The monoisotopic (exact) mass is 284 g/mol. The summed E-state index contributed by atoms with van der Waals surface area (Å²) in [5.74, 6) is 0.733. The summed E-state index contributed by atoms with van der Waals surface area (Å²) >= 11 is 6.03. The molecule has 4 nitrogen and oxygen atoms in total. The average Bonchev–Trinajstić information content (AvgIpc) is 2.34. The highest BCUT2D eigenvalue weighted by Crippen LogP contribution is 2.24. The number of rotatable bonds is 7. The van der Waals surface area contributed by atoms with Gasteiger partial charge in [0.15, 0.2) is 0 Å². The van der Waals surface area contributed by atoms with E-state index >= 15 is 0 Å². The third-order valence-corrected chi connectivity index (χ3v) is 2.82. The molecule has 0 radical (unpaired) electrons. The molecule has 0 unspecified atom stereocenters. The minimum Gasteiger partial charge on any atom is -0.495 e. The molecule has 1 aromatic rings. The van der Waals surface area contributed by atoms with Crippen molar-refractivity contribution in [2.24, 2.45) is 0 Å². The van der Waals surface area contributed by atoms with Crippen LogP contribution >= 0.6 is 11.6 Å². The van der Waals surface area contributed by atoms with Crippen molar-refractivity contribution < 1.29 is 9.53 Å². The number of ether oxygens (including phenoxy) is 1. The Morgan fingerprint density at radius 3 is 2.74 bits per heavy atom. The van der Waals surface area contributed by atoms with Gasteiger partial charge in [-0.25, -0.2) is 0 Å². The van der Waals surface area contributed by atoms with Gasteiger partial charge in [-0.15, -0.1) is 0 Å². The number of halogens is 1. The van der Waals surface area contributed by atoms with Gasteiger partial charge in [-0.2, -0.15) is 0 Å². The fourth-order valence-corrected chi connectivity index (χ4v) is 1.93. The summed E-state index contributed by atoms with van der Waals surface area (Å²) in [6.45, 7) is 5.22. The standard InChI is InChI=1S/C14H21ClN2O2/c1-10(2)17-14(18)6-7-16-9-11-4-5-13(19-3)12(15)8-11/h4-5,8,10,16H,6-7,9H2,1-3H3,(H,17,18). The smallest absolute Gasteiger partial charge is 0.221 e. The molecule has 2 N–H and O–H groups in total. The van der Waals surface area contributed by atoms with Gasteiger partial charge in [0.1, 0.15) is 5.75 Å². The van der Waals surface area contributed by atoms with Crippen LogP contribution in [0.25, 0.3) is 0 Å². The fourth-order valence-electron chi connectivity index (χ4n) is 1.65. The molecule has 0 saturated carbocycles. The van der Waals surface area contributed by atoms with Crippen LogP contribution in [-0.4, -0.2) is 25.6 Å². The molecule has 0 aliphatic rings. The van der Waals surface area contributed by atoms with Gasteiger partial charge in [-0.05, 0) is 31.5 Å². The SMILES string of the molecule is COc1ccc(CNCCC(=O)NC(C)C)cc1Cl. The van der Waals surface area contributed by atoms with E-state index in [1.54, 1.807) is 7.11 Å². The molecule has 0 saturated heterocycles. The Morgan fingerprint density at radius 1 is 1.42 bits per heavy atom. The summed E-state index contributed by atoms with van der Waals surface area (Å²) in [4.78, 5) is 11.4. The predicted octanol–water partition coefficient (Wildman–Crippen LogP) is 2.35. The molecule has 0 aromatic heterocycles. The van der Waals surface area contributed by atoms with Crippen LogP contribution < -0.4 is 15.4 Å². The zero-order valence-corrected chi connectivity index (χ0v) is 12.4. The lowest BCUT2D eigenvalue weighted by Crippen LogP contribution is -2.32. The van der Waals surface area contributed by atoms with Crippen molar-refractivity contribution in [3.05, 3.63) is 28.8 Å². The molecule has 0 atom stereocenters. The Hall–Kier alpha value is -1.26. The van der Waals surface area contributed by atoms with Crippen LogP contribution in [0.3, 0.4) is 0 Å². The topological polar surface area (TPSA) is 50.4 Å². The first-order valence-corrected chi connectivity index (χ1v) is 6.73. The van der Waals surface area contributed by atoms with Crippen molar-refractivity contribution in [3.63, 3.8) is 0 Å². The van der Waals surface area contributed by atoms with E-state index in [1.165, 1.54) is 0 Å². The summed E-state index contributed by atoms with van der Waals surface area (Å²) in [7, 11) is 1.59. The van der Waals surface area contributed by atoms with E-state index in [9.17, 15) is 4.79 Å². The largest absolute Gasteiger partial charge is 0.495 e. The van der Waals surface area contributed by atoms with Crippen molar-refractivity contribution in [3.8, 4) is 5.75 Å². The lowest BCUT2D eigenvalue weighted by atomic mass is 10.2. The highest BCUT2D eigenvalue weighted by atomic mass is 35.5. The molecule has 106 valence electrons. The van der Waals surface area contributed by atoms with E-state index in [0.717, 1.165) is 5.56 Å². The highest BCUT2D eigenvalue weighted by molar-refractivity contribution is 6.32. The Kier molecular flexibility index (Phi) is 6.67. The average molecular weight is 285 g/mol. The van der Waals surface area contributed by atoms with E-state index in [-0.39, 0.29) is 11.9 Å². The molecule has 1 amide bonds. The van der Waals surface area contributed by atoms with E-state index in [0.29, 0.717) is 30.3 Å². The molecule has 5 heteroatoms. The maximum atomic E-state index is 11.4. The van der Waals surface area contributed by atoms with Gasteiger partial charge in [-0.1, -0.05) is 17.7 Å². The van der Waals surface area contributed by atoms with E-state index in [4.69, 9.17) is 16.3 Å². The Morgan fingerprint density at radius 2 is 2.16 bits per heavy atom. The molecule has 0 heterocycles. The number of benzene rings is 1. The third-order valence-electron chi connectivity index (χ3n) is 2.52. The normalized spacial score (nSPS) is 10.6. The number of carbonyl (C=O) groups excluding carboxylic acids is 1. The maximum Gasteiger partial charge on any atom is 0.221 e. The van der Waals surface area contributed by atoms with Crippen LogP contribution in [0, 0.1) is 0 Å². The quantitative estimate of drug-likeness (QED) is 0.756. The molecule has 0 bridgehead atoms. The van der Waals surface area contributed by atoms with E-state index in [1.807, 2.05) is 32.0 Å². The Balaban J connectivity index is 2.30. The van der Waals surface area contributed by atoms with E-state index < -0.39 is 0 Å². The minimum absolute atomic E-state index is 0.0651. The lowest BCUT2D eigenvalue weighted by molar-refractivity contribution is -0.121. The lowest BCUT2D eigenvalue weighted by Gasteiger charge is -2.09. The van der Waals surface area contributed by atoms with Gasteiger partial charge in [0.2, 0.25) is 5.91 Å². The molecular weight excluding hydrogens is 264 g/mol. The second-order valence-corrected chi connectivity index (χ2v) is 5.03. The molecule has 0 fully saturated rings. The molecular formula is C14H21ClN2O2. The first kappa shape index (κ1) is 15.8. The van der Waals surface area contributed by atoms with Gasteiger partial charge in [-0.3, -0.25) is 4.79 Å². The second-order valence-electron chi connectivity index (χ2n) is 4.62. The minimum atomic E-state index is 0.0651. The fraction of sp³-hybridized carbons (Fsp3) is 0.500. The highest BCUT2D eigenvalue weighted by Gasteiger charge is 2.04. The predicted molar refractivity (Wildman–Crippen MR) is 77.6 cm³/mol. The van der Waals surface area contributed by atoms with Crippen LogP contribution in [0.15, 0.2) is 18.2 Å². The van der Waals surface area contributed by atoms with Crippen molar-refractivity contribution in [2.75, 3.05) is 13.7 Å². The second kappa shape index (κ2) is 8.02. The number of hydrogen-bond acceptors (Lipinski definition) is 3. The first-order chi connectivity index (χ1) is 9.02. The molecule has 1 aromatic carbocycles. The van der Waals surface area contributed by atoms with Crippen LogP contribution in [-0.2, 0) is 11.3 Å². The van der Waals surface area contributed by atoms with Crippen molar-refractivity contribution in [2.45, 2.75) is 32.9 Å². The van der Waals surface area contributed by atoms with Gasteiger partial charge in [0, 0.05) is 25.6 Å². The van der Waals surface area contributed by atoms with E-state index in [2.05, 4.69) is 10.6 Å². The van der Waals surface area contributed by atoms with Crippen LogP contribution in [0.2, 0.25) is 5.02 Å². The summed E-state index contributed by atoms with van der Waals surface area (Å²) < 4.78 is 5.09. The molecule has 0 aliphatic carbocycles. The van der Waals surface area contributed by atoms with Gasteiger partial charge >= 0.3 is 0 Å². The zero-order chi connectivity index (χ0) is 14.3. The van der Waals surface area contributed by atoms with Crippen molar-refractivity contribution in [1.82, 2.24) is 10.6 Å². The van der Waals surface area contributed by atoms with Gasteiger partial charge in [0.25, 0.3) is 0 Å². The van der Waals surface area contributed by atoms with Gasteiger partial charge in [0.05, 0.1) is 12.1 Å². The number of amides is 1.